The fourth-order valence-electron chi connectivity index (χ4n) is 15.2. The van der Waals surface area contributed by atoms with Crippen LogP contribution in [0.1, 0.15) is 130 Å². The van der Waals surface area contributed by atoms with E-state index in [1.54, 1.807) is 5.57 Å². The zero-order valence-electron chi connectivity index (χ0n) is 26.8. The van der Waals surface area contributed by atoms with Gasteiger partial charge < -0.3 is 9.84 Å². The highest BCUT2D eigenvalue weighted by molar-refractivity contribution is 5.48. The van der Waals surface area contributed by atoms with Crippen molar-refractivity contribution in [1.82, 2.24) is 4.90 Å². The van der Waals surface area contributed by atoms with Crippen molar-refractivity contribution < 1.29 is 9.84 Å². The number of aliphatic hydroxyl groups excluding tert-OH is 1. The van der Waals surface area contributed by atoms with Crippen LogP contribution in [0.25, 0.3) is 0 Å². The van der Waals surface area contributed by atoms with E-state index in [2.05, 4.69) is 44.4 Å². The van der Waals surface area contributed by atoms with Crippen molar-refractivity contribution in [3.05, 3.63) is 11.1 Å². The van der Waals surface area contributed by atoms with E-state index >= 15 is 0 Å². The molecule has 0 aromatic heterocycles. The Morgan fingerprint density at radius 3 is 2.80 bits per heavy atom. The van der Waals surface area contributed by atoms with Gasteiger partial charge in [-0.25, -0.2) is 0 Å². The first-order valence-corrected chi connectivity index (χ1v) is 17.9. The van der Waals surface area contributed by atoms with Crippen LogP contribution in [0.15, 0.2) is 11.1 Å². The van der Waals surface area contributed by atoms with E-state index in [1.807, 2.05) is 5.57 Å². The highest BCUT2D eigenvalue weighted by Gasteiger charge is 2.86. The highest BCUT2D eigenvalue weighted by Crippen LogP contribution is 2.90. The van der Waals surface area contributed by atoms with Crippen LogP contribution in [-0.4, -0.2) is 48.0 Å². The summed E-state index contributed by atoms with van der Waals surface area (Å²) in [4.78, 5) is 3.18. The summed E-state index contributed by atoms with van der Waals surface area (Å²) in [7, 11) is 0. The van der Waals surface area contributed by atoms with Crippen molar-refractivity contribution in [2.24, 2.45) is 44.8 Å². The number of nitrogens with zero attached hydrogens (tertiary/aromatic N) is 1. The van der Waals surface area contributed by atoms with Crippen LogP contribution in [0.4, 0.5) is 0 Å². The lowest BCUT2D eigenvalue weighted by molar-refractivity contribution is -0.262. The molecule has 2 heterocycles. The fraction of sp³-hybridized carbons (Fsp3) is 0.895. The Bertz CT molecular complexity index is 1200. The first-order valence-electron chi connectivity index (χ1n) is 17.9. The number of aliphatic hydroxyl groups is 1. The molecule has 2 aliphatic heterocycles. The molecule has 41 heavy (non-hydrogen) atoms. The summed E-state index contributed by atoms with van der Waals surface area (Å²) in [6, 6.07) is 0.722. The molecule has 0 aromatic carbocycles. The minimum absolute atomic E-state index is 0.259. The van der Waals surface area contributed by atoms with Crippen molar-refractivity contribution in [2.45, 2.75) is 142 Å². The summed E-state index contributed by atoms with van der Waals surface area (Å²) >= 11 is 0. The van der Waals surface area contributed by atoms with Gasteiger partial charge in [-0.05, 0) is 131 Å². The van der Waals surface area contributed by atoms with Crippen molar-refractivity contribution in [3.8, 4) is 11.8 Å². The Morgan fingerprint density at radius 1 is 1.10 bits per heavy atom. The lowest BCUT2D eigenvalue weighted by atomic mass is 9.30. The third-order valence-corrected chi connectivity index (χ3v) is 16.5. The average Bonchev–Trinajstić information content (AvgIpc) is 3.14. The Labute approximate surface area is 250 Å². The van der Waals surface area contributed by atoms with Gasteiger partial charge in [0.15, 0.2) is 0 Å². The van der Waals surface area contributed by atoms with Gasteiger partial charge >= 0.3 is 0 Å². The Morgan fingerprint density at radius 2 is 1.98 bits per heavy atom. The van der Waals surface area contributed by atoms with Gasteiger partial charge in [-0.1, -0.05) is 31.4 Å². The largest absolute Gasteiger partial charge is 0.396 e. The first kappa shape index (κ1) is 27.7. The zero-order chi connectivity index (χ0) is 28.3. The van der Waals surface area contributed by atoms with E-state index in [4.69, 9.17) is 4.74 Å². The van der Waals surface area contributed by atoms with Crippen molar-refractivity contribution >= 4 is 0 Å². The molecular formula is C38H57NO2. The SMILES string of the molecule is CCOCC[C@@]12CCC[C@@]13C[C@@H](C)[C@]14CCC(C)=C1C[C@]31[C@@H](CC2)N2C[C@]23CC[C@H](CCCO)[C@H]3CC#CC[C@]14C. The van der Waals surface area contributed by atoms with E-state index in [9.17, 15) is 5.11 Å². The van der Waals surface area contributed by atoms with Crippen molar-refractivity contribution in [3.63, 3.8) is 0 Å². The van der Waals surface area contributed by atoms with Crippen LogP contribution in [0.5, 0.6) is 0 Å². The summed E-state index contributed by atoms with van der Waals surface area (Å²) in [5.41, 5.74) is 5.93. The lowest BCUT2D eigenvalue weighted by Gasteiger charge is -2.74. The molecule has 3 heteroatoms. The number of hydrogen-bond donors (Lipinski definition) is 1. The molecule has 4 spiro atoms. The van der Waals surface area contributed by atoms with Gasteiger partial charge in [0.2, 0.25) is 0 Å². The third kappa shape index (κ3) is 3.01. The highest BCUT2D eigenvalue weighted by atomic mass is 16.5. The van der Waals surface area contributed by atoms with Crippen LogP contribution in [0.2, 0.25) is 0 Å². The molecule has 1 N–H and O–H groups in total. The molecule has 2 bridgehead atoms. The van der Waals surface area contributed by atoms with Crippen LogP contribution in [-0.2, 0) is 4.74 Å². The molecule has 0 aromatic rings. The minimum Gasteiger partial charge on any atom is -0.396 e. The fourth-order valence-corrected chi connectivity index (χ4v) is 15.2. The number of ether oxygens (including phenoxy) is 1. The second-order valence-corrected chi connectivity index (χ2v) is 16.8. The smallest absolute Gasteiger partial charge is 0.0471 e. The molecule has 8 aliphatic rings. The molecule has 0 radical (unpaired) electrons. The summed E-state index contributed by atoms with van der Waals surface area (Å²) in [6.45, 7) is 13.7. The maximum Gasteiger partial charge on any atom is 0.0471 e. The summed E-state index contributed by atoms with van der Waals surface area (Å²) in [5, 5.41) is 9.68. The summed E-state index contributed by atoms with van der Waals surface area (Å²) < 4.78 is 6.18. The molecule has 1 saturated heterocycles. The van der Waals surface area contributed by atoms with Crippen LogP contribution < -0.4 is 0 Å². The van der Waals surface area contributed by atoms with E-state index in [0.717, 1.165) is 50.4 Å². The molecule has 6 aliphatic carbocycles. The first-order chi connectivity index (χ1) is 19.8. The zero-order valence-corrected chi connectivity index (χ0v) is 26.8. The third-order valence-electron chi connectivity index (χ3n) is 16.5. The maximum atomic E-state index is 9.68. The molecule has 6 fully saturated rings. The van der Waals surface area contributed by atoms with Crippen LogP contribution in [0.3, 0.4) is 0 Å². The molecule has 1 unspecified atom stereocenters. The van der Waals surface area contributed by atoms with Crippen LogP contribution >= 0.6 is 0 Å². The van der Waals surface area contributed by atoms with E-state index < -0.39 is 0 Å². The number of hydrogen-bond acceptors (Lipinski definition) is 3. The summed E-state index contributed by atoms with van der Waals surface area (Å²) in [6.07, 6.45) is 21.1. The van der Waals surface area contributed by atoms with Gasteiger partial charge in [0.05, 0.1) is 0 Å². The molecule has 8 rings (SSSR count). The second kappa shape index (κ2) is 9.11. The van der Waals surface area contributed by atoms with Gasteiger partial charge in [0.25, 0.3) is 0 Å². The number of rotatable bonds is 7. The normalized spacial score (nSPS) is 54.0. The Balaban J connectivity index is 1.32. The molecular weight excluding hydrogens is 502 g/mol. The predicted octanol–water partition coefficient (Wildman–Crippen LogP) is 7.92. The quantitative estimate of drug-likeness (QED) is 0.149. The van der Waals surface area contributed by atoms with Gasteiger partial charge in [0.1, 0.15) is 0 Å². The number of fused-ring (bicyclic) bond motifs is 1. The molecule has 226 valence electrons. The second-order valence-electron chi connectivity index (χ2n) is 16.8. The molecule has 3 nitrogen and oxygen atoms in total. The van der Waals surface area contributed by atoms with E-state index in [-0.39, 0.29) is 5.41 Å². The van der Waals surface area contributed by atoms with E-state index in [1.165, 1.54) is 90.0 Å². The minimum atomic E-state index is 0.259. The Kier molecular flexibility index (Phi) is 6.16. The van der Waals surface area contributed by atoms with Crippen molar-refractivity contribution in [2.75, 3.05) is 26.4 Å². The van der Waals surface area contributed by atoms with Gasteiger partial charge in [-0.15, -0.1) is 11.8 Å². The maximum absolute atomic E-state index is 9.68. The number of allylic oxidation sites excluding steroid dienone is 2. The van der Waals surface area contributed by atoms with Crippen molar-refractivity contribution in [1.29, 1.82) is 0 Å². The molecule has 11 atom stereocenters. The monoisotopic (exact) mass is 559 g/mol. The predicted molar refractivity (Wildman–Crippen MR) is 165 cm³/mol. The molecule has 5 saturated carbocycles. The van der Waals surface area contributed by atoms with Gasteiger partial charge in [0, 0.05) is 61.6 Å². The van der Waals surface area contributed by atoms with Gasteiger partial charge in [-0.3, -0.25) is 4.90 Å². The summed E-state index contributed by atoms with van der Waals surface area (Å²) in [5.74, 6) is 10.2. The van der Waals surface area contributed by atoms with Gasteiger partial charge in [-0.2, -0.15) is 0 Å². The topological polar surface area (TPSA) is 32.5 Å². The lowest BCUT2D eigenvalue weighted by Crippen LogP contribution is -2.72. The Hall–Kier alpha value is -0.820. The van der Waals surface area contributed by atoms with E-state index in [0.29, 0.717) is 39.7 Å². The standard InChI is InChI=1S/C38H57NO2/c1-5-41-23-21-34-16-9-17-36(34)24-28(3)37-20-12-27(2)31(37)25-38(36)32(14-18-34)39-26-35(39)19-13-29(10-8-22-40)30(35)11-6-7-15-33(37,38)4/h28-30,32,40H,5,8-26H2,1-4H3/t28-,29+,30-,32-,33+,34+,35+,36-,37-,38-,39?/m1/s1. The average molecular weight is 560 g/mol. The van der Waals surface area contributed by atoms with Crippen LogP contribution in [0, 0.1) is 56.7 Å². The molecule has 0 amide bonds.